The first-order chi connectivity index (χ1) is 11.6. The zero-order valence-electron chi connectivity index (χ0n) is 15.4. The van der Waals surface area contributed by atoms with Crippen LogP contribution in [0.5, 0.6) is 0 Å². The Morgan fingerprint density at radius 3 is 2.60 bits per heavy atom. The van der Waals surface area contributed by atoms with Crippen LogP contribution in [0, 0.1) is 6.92 Å². The molecule has 2 heterocycles. The largest absolute Gasteiger partial charge is 0.444 e. The van der Waals surface area contributed by atoms with Gasteiger partial charge in [-0.25, -0.2) is 9.78 Å². The van der Waals surface area contributed by atoms with Crippen LogP contribution in [-0.2, 0) is 4.74 Å². The zero-order chi connectivity index (χ0) is 18.8. The van der Waals surface area contributed by atoms with Crippen LogP contribution in [0.2, 0.25) is 5.15 Å². The Bertz CT molecular complexity index is 657. The number of aromatic nitrogens is 1. The summed E-state index contributed by atoms with van der Waals surface area (Å²) in [7, 11) is 0. The van der Waals surface area contributed by atoms with E-state index in [1.165, 1.54) is 0 Å². The summed E-state index contributed by atoms with van der Waals surface area (Å²) in [5.74, 6) is -0.162. The fourth-order valence-corrected chi connectivity index (χ4v) is 3.12. The second-order valence-corrected chi connectivity index (χ2v) is 7.87. The molecule has 0 bridgehead atoms. The van der Waals surface area contributed by atoms with Crippen LogP contribution in [0.4, 0.5) is 4.79 Å². The summed E-state index contributed by atoms with van der Waals surface area (Å²) < 4.78 is 5.44. The Kier molecular flexibility index (Phi) is 5.93. The van der Waals surface area contributed by atoms with E-state index in [-0.39, 0.29) is 24.1 Å². The molecule has 6 nitrogen and oxygen atoms in total. The third-order valence-electron chi connectivity index (χ3n) is 4.14. The van der Waals surface area contributed by atoms with Gasteiger partial charge in [0.2, 0.25) is 0 Å². The van der Waals surface area contributed by atoms with Crippen molar-refractivity contribution in [3.63, 3.8) is 0 Å². The number of hydrogen-bond donors (Lipinski definition) is 1. The molecule has 25 heavy (non-hydrogen) atoms. The minimum absolute atomic E-state index is 0.00154. The minimum atomic E-state index is -0.513. The van der Waals surface area contributed by atoms with E-state index in [1.54, 1.807) is 24.0 Å². The highest BCUT2D eigenvalue weighted by Crippen LogP contribution is 2.21. The van der Waals surface area contributed by atoms with E-state index in [0.29, 0.717) is 35.8 Å². The lowest BCUT2D eigenvalue weighted by Crippen LogP contribution is -2.52. The Hall–Kier alpha value is -1.82. The van der Waals surface area contributed by atoms with Gasteiger partial charge >= 0.3 is 6.09 Å². The average Bonchev–Trinajstić information content (AvgIpc) is 2.45. The lowest BCUT2D eigenvalue weighted by atomic mass is 9.98. The molecule has 0 saturated carbocycles. The van der Waals surface area contributed by atoms with Gasteiger partial charge in [-0.1, -0.05) is 11.6 Å². The van der Waals surface area contributed by atoms with Gasteiger partial charge in [-0.15, -0.1) is 0 Å². The number of amides is 2. The number of carbonyl (C=O) groups is 2. The third kappa shape index (κ3) is 5.33. The molecule has 1 aliphatic heterocycles. The molecule has 7 heteroatoms. The summed E-state index contributed by atoms with van der Waals surface area (Å²) in [5.41, 5.74) is 0.608. The maximum atomic E-state index is 12.5. The number of rotatable bonds is 2. The normalized spacial score (nSPS) is 21.0. The third-order valence-corrected chi connectivity index (χ3v) is 4.35. The van der Waals surface area contributed by atoms with Gasteiger partial charge in [-0.05, 0) is 59.6 Å². The van der Waals surface area contributed by atoms with Crippen LogP contribution in [0.1, 0.15) is 56.6 Å². The lowest BCUT2D eigenvalue weighted by molar-refractivity contribution is 0.00960. The molecule has 0 radical (unpaired) electrons. The Morgan fingerprint density at radius 2 is 2.04 bits per heavy atom. The molecule has 0 spiro atoms. The molecule has 138 valence electrons. The van der Waals surface area contributed by atoms with E-state index in [4.69, 9.17) is 16.3 Å². The molecule has 2 atom stereocenters. The van der Waals surface area contributed by atoms with Gasteiger partial charge in [-0.3, -0.25) is 4.79 Å². The highest BCUT2D eigenvalue weighted by atomic mass is 35.5. The fraction of sp³-hybridized carbons (Fsp3) is 0.611. The van der Waals surface area contributed by atoms with Gasteiger partial charge in [0, 0.05) is 18.6 Å². The number of nitrogens with one attached hydrogen (secondary N) is 1. The SMILES string of the molecule is Cc1nc(Cl)ccc1C(=O)N[C@H]1CCN(C(=O)OC(C)(C)C)[C@@H](C)C1. The molecule has 1 saturated heterocycles. The quantitative estimate of drug-likeness (QED) is 0.811. The average molecular weight is 368 g/mol. The van der Waals surface area contributed by atoms with Crippen LogP contribution >= 0.6 is 11.6 Å². The van der Waals surface area contributed by atoms with Crippen molar-refractivity contribution in [1.82, 2.24) is 15.2 Å². The highest BCUT2D eigenvalue weighted by molar-refractivity contribution is 6.29. The van der Waals surface area contributed by atoms with E-state index in [0.717, 1.165) is 0 Å². The number of pyridine rings is 1. The first kappa shape index (κ1) is 19.5. The number of halogens is 1. The molecule has 1 aromatic rings. The number of likely N-dealkylation sites (tertiary alicyclic amines) is 1. The molecule has 0 aromatic carbocycles. The van der Waals surface area contributed by atoms with Crippen molar-refractivity contribution in [2.45, 2.75) is 65.1 Å². The van der Waals surface area contributed by atoms with Gasteiger partial charge in [-0.2, -0.15) is 0 Å². The molecular weight excluding hydrogens is 342 g/mol. The standard InChI is InChI=1S/C18H26ClN3O3/c1-11-10-13(8-9-22(11)17(24)25-18(3,4)5)21-16(23)14-6-7-15(19)20-12(14)2/h6-7,11,13H,8-10H2,1-5H3,(H,21,23)/t11-,13-/m0/s1. The molecule has 0 unspecified atom stereocenters. The van der Waals surface area contributed by atoms with Crippen LogP contribution in [0.15, 0.2) is 12.1 Å². The van der Waals surface area contributed by atoms with Crippen molar-refractivity contribution in [2.75, 3.05) is 6.54 Å². The van der Waals surface area contributed by atoms with E-state index in [2.05, 4.69) is 10.3 Å². The predicted molar refractivity (Wildman–Crippen MR) is 96.9 cm³/mol. The van der Waals surface area contributed by atoms with Crippen molar-refractivity contribution < 1.29 is 14.3 Å². The Labute approximate surface area is 153 Å². The summed E-state index contributed by atoms with van der Waals surface area (Å²) in [4.78, 5) is 30.5. The first-order valence-corrected chi connectivity index (χ1v) is 8.88. The van der Waals surface area contributed by atoms with E-state index in [9.17, 15) is 9.59 Å². The monoisotopic (exact) mass is 367 g/mol. The van der Waals surface area contributed by atoms with Gasteiger partial charge < -0.3 is 15.0 Å². The summed E-state index contributed by atoms with van der Waals surface area (Å²) in [5, 5.41) is 3.40. The van der Waals surface area contributed by atoms with Crippen molar-refractivity contribution >= 4 is 23.6 Å². The highest BCUT2D eigenvalue weighted by Gasteiger charge is 2.32. The lowest BCUT2D eigenvalue weighted by Gasteiger charge is -2.38. The summed E-state index contributed by atoms with van der Waals surface area (Å²) >= 11 is 5.83. The van der Waals surface area contributed by atoms with Crippen molar-refractivity contribution in [1.29, 1.82) is 0 Å². The summed E-state index contributed by atoms with van der Waals surface area (Å²) in [6.45, 7) is 9.84. The molecule has 2 rings (SSSR count). The first-order valence-electron chi connectivity index (χ1n) is 8.50. The summed E-state index contributed by atoms with van der Waals surface area (Å²) in [6.07, 6.45) is 1.07. The second-order valence-electron chi connectivity index (χ2n) is 7.48. The Morgan fingerprint density at radius 1 is 1.36 bits per heavy atom. The van der Waals surface area contributed by atoms with Gasteiger partial charge in [0.1, 0.15) is 10.8 Å². The smallest absolute Gasteiger partial charge is 0.410 e. The number of ether oxygens (including phenoxy) is 1. The number of piperidine rings is 1. The minimum Gasteiger partial charge on any atom is -0.444 e. The topological polar surface area (TPSA) is 71.5 Å². The zero-order valence-corrected chi connectivity index (χ0v) is 16.2. The van der Waals surface area contributed by atoms with Crippen molar-refractivity contribution in [3.8, 4) is 0 Å². The molecule has 1 N–H and O–H groups in total. The second kappa shape index (κ2) is 7.60. The summed E-state index contributed by atoms with van der Waals surface area (Å²) in [6, 6.07) is 3.30. The van der Waals surface area contributed by atoms with Crippen LogP contribution in [0.3, 0.4) is 0 Å². The van der Waals surface area contributed by atoms with Gasteiger partial charge in [0.05, 0.1) is 11.3 Å². The van der Waals surface area contributed by atoms with Gasteiger partial charge in [0.25, 0.3) is 5.91 Å². The predicted octanol–water partition coefficient (Wildman–Crippen LogP) is 3.56. The molecule has 0 aliphatic carbocycles. The fourth-order valence-electron chi connectivity index (χ4n) is 2.93. The van der Waals surface area contributed by atoms with Crippen LogP contribution in [-0.4, -0.2) is 46.1 Å². The number of carbonyl (C=O) groups excluding carboxylic acids is 2. The number of hydrogen-bond acceptors (Lipinski definition) is 4. The van der Waals surface area contributed by atoms with Crippen LogP contribution in [0.25, 0.3) is 0 Å². The van der Waals surface area contributed by atoms with Crippen molar-refractivity contribution in [2.24, 2.45) is 0 Å². The molecule has 1 fully saturated rings. The van der Waals surface area contributed by atoms with Crippen LogP contribution < -0.4 is 5.32 Å². The Balaban J connectivity index is 1.94. The maximum Gasteiger partial charge on any atom is 0.410 e. The van der Waals surface area contributed by atoms with Crippen molar-refractivity contribution in [3.05, 3.63) is 28.5 Å². The molecular formula is C18H26ClN3O3. The molecule has 1 aliphatic rings. The molecule has 1 aromatic heterocycles. The molecule has 2 amide bonds. The maximum absolute atomic E-state index is 12.5. The van der Waals surface area contributed by atoms with E-state index < -0.39 is 5.60 Å². The van der Waals surface area contributed by atoms with Gasteiger partial charge in [0.15, 0.2) is 0 Å². The number of aryl methyl sites for hydroxylation is 1. The number of nitrogens with zero attached hydrogens (tertiary/aromatic N) is 2. The van der Waals surface area contributed by atoms with E-state index >= 15 is 0 Å². The van der Waals surface area contributed by atoms with E-state index in [1.807, 2.05) is 27.7 Å².